The van der Waals surface area contributed by atoms with Gasteiger partial charge >= 0.3 is 0 Å². The molecule has 13 heavy (non-hydrogen) atoms. The summed E-state index contributed by atoms with van der Waals surface area (Å²) in [7, 11) is -2.01. The van der Waals surface area contributed by atoms with Crippen molar-refractivity contribution in [1.82, 2.24) is 4.31 Å². The fourth-order valence-corrected chi connectivity index (χ4v) is 1.95. The predicted molar refractivity (Wildman–Crippen MR) is 47.6 cm³/mol. The van der Waals surface area contributed by atoms with Crippen molar-refractivity contribution in [2.45, 2.75) is 5.09 Å². The zero-order chi connectivity index (χ0) is 9.90. The first kappa shape index (κ1) is 10.2. The summed E-state index contributed by atoms with van der Waals surface area (Å²) in [6.07, 6.45) is 1.32. The first-order valence-electron chi connectivity index (χ1n) is 3.79. The number of rotatable bonds is 4. The first-order valence-corrected chi connectivity index (χ1v) is 5.23. The van der Waals surface area contributed by atoms with E-state index in [0.29, 0.717) is 0 Å². The largest absolute Gasteiger partial charge is 0.452 e. The highest BCUT2D eigenvalue weighted by Crippen LogP contribution is 2.13. The minimum absolute atomic E-state index is 0.0524. The molecule has 0 spiro atoms. The summed E-state index contributed by atoms with van der Waals surface area (Å²) < 4.78 is 29.1. The van der Waals surface area contributed by atoms with Crippen LogP contribution >= 0.6 is 0 Å². The fraction of sp³-hybridized carbons (Fsp3) is 0.429. The lowest BCUT2D eigenvalue weighted by Gasteiger charge is -2.13. The quantitative estimate of drug-likeness (QED) is 0.740. The second kappa shape index (κ2) is 3.91. The van der Waals surface area contributed by atoms with Crippen molar-refractivity contribution < 1.29 is 12.8 Å². The van der Waals surface area contributed by atoms with Gasteiger partial charge in [0.05, 0.1) is 6.26 Å². The molecule has 0 amide bonds. The number of hydrogen-bond acceptors (Lipinski definition) is 4. The van der Waals surface area contributed by atoms with Gasteiger partial charge in [0.2, 0.25) is 5.09 Å². The summed E-state index contributed by atoms with van der Waals surface area (Å²) >= 11 is 0. The Morgan fingerprint density at radius 2 is 2.31 bits per heavy atom. The smallest absolute Gasteiger partial charge is 0.276 e. The van der Waals surface area contributed by atoms with E-state index in [9.17, 15) is 8.42 Å². The number of sulfonamides is 1. The fourth-order valence-electron chi connectivity index (χ4n) is 0.866. The van der Waals surface area contributed by atoms with Crippen molar-refractivity contribution >= 4 is 10.0 Å². The number of nitrogens with zero attached hydrogens (tertiary/aromatic N) is 1. The van der Waals surface area contributed by atoms with Gasteiger partial charge in [0, 0.05) is 20.1 Å². The average Bonchev–Trinajstić information content (AvgIpc) is 2.56. The van der Waals surface area contributed by atoms with Gasteiger partial charge in [-0.05, 0) is 12.1 Å². The molecule has 0 aromatic carbocycles. The molecular weight excluding hydrogens is 192 g/mol. The van der Waals surface area contributed by atoms with E-state index in [2.05, 4.69) is 0 Å². The van der Waals surface area contributed by atoms with E-state index in [4.69, 9.17) is 10.2 Å². The number of furan rings is 1. The van der Waals surface area contributed by atoms with Crippen molar-refractivity contribution in [3.8, 4) is 0 Å². The highest BCUT2D eigenvalue weighted by atomic mass is 32.2. The average molecular weight is 204 g/mol. The van der Waals surface area contributed by atoms with Crippen molar-refractivity contribution in [3.05, 3.63) is 18.4 Å². The third kappa shape index (κ3) is 2.09. The lowest BCUT2D eigenvalue weighted by atomic mass is 10.7. The summed E-state index contributed by atoms with van der Waals surface area (Å²) in [5.74, 6) is 0. The molecule has 1 heterocycles. The summed E-state index contributed by atoms with van der Waals surface area (Å²) in [5, 5.41) is -0.0524. The normalized spacial score (nSPS) is 12.2. The maximum absolute atomic E-state index is 11.6. The molecule has 0 aliphatic carbocycles. The summed E-state index contributed by atoms with van der Waals surface area (Å²) in [6.45, 7) is 0.569. The van der Waals surface area contributed by atoms with Gasteiger partial charge in [-0.3, -0.25) is 0 Å². The molecule has 74 valence electrons. The van der Waals surface area contributed by atoms with Crippen molar-refractivity contribution in [3.63, 3.8) is 0 Å². The summed E-state index contributed by atoms with van der Waals surface area (Å²) in [5.41, 5.74) is 5.24. The molecule has 1 aromatic rings. The number of nitrogens with two attached hydrogens (primary N) is 1. The minimum atomic E-state index is -3.47. The van der Waals surface area contributed by atoms with E-state index in [1.807, 2.05) is 0 Å². The summed E-state index contributed by atoms with van der Waals surface area (Å²) in [6, 6.07) is 2.94. The third-order valence-electron chi connectivity index (χ3n) is 1.60. The topological polar surface area (TPSA) is 76.5 Å². The Balaban J connectivity index is 2.90. The maximum atomic E-state index is 11.6. The van der Waals surface area contributed by atoms with Gasteiger partial charge in [-0.1, -0.05) is 0 Å². The van der Waals surface area contributed by atoms with Crippen molar-refractivity contribution in [1.29, 1.82) is 0 Å². The van der Waals surface area contributed by atoms with Crippen LogP contribution in [0, 0.1) is 0 Å². The number of hydrogen-bond donors (Lipinski definition) is 1. The molecule has 0 radical (unpaired) electrons. The van der Waals surface area contributed by atoms with Gasteiger partial charge < -0.3 is 10.2 Å². The van der Waals surface area contributed by atoms with E-state index >= 15 is 0 Å². The van der Waals surface area contributed by atoms with Crippen LogP contribution in [-0.4, -0.2) is 32.9 Å². The van der Waals surface area contributed by atoms with Gasteiger partial charge in [-0.2, -0.15) is 4.31 Å². The zero-order valence-electron chi connectivity index (χ0n) is 7.30. The van der Waals surface area contributed by atoms with Gasteiger partial charge in [0.25, 0.3) is 10.0 Å². The van der Waals surface area contributed by atoms with Crippen LogP contribution < -0.4 is 5.73 Å². The van der Waals surface area contributed by atoms with Crippen molar-refractivity contribution in [2.24, 2.45) is 5.73 Å². The molecule has 0 fully saturated rings. The Labute approximate surface area is 77.2 Å². The van der Waals surface area contributed by atoms with Gasteiger partial charge in [-0.25, -0.2) is 8.42 Å². The van der Waals surface area contributed by atoms with E-state index in [1.165, 1.54) is 25.4 Å². The van der Waals surface area contributed by atoms with Crippen LogP contribution in [-0.2, 0) is 10.0 Å². The van der Waals surface area contributed by atoms with Gasteiger partial charge in [0.1, 0.15) is 0 Å². The Hall–Kier alpha value is -0.850. The third-order valence-corrected chi connectivity index (χ3v) is 3.35. The highest BCUT2D eigenvalue weighted by Gasteiger charge is 2.22. The molecule has 1 rings (SSSR count). The van der Waals surface area contributed by atoms with Crippen LogP contribution in [0.3, 0.4) is 0 Å². The molecule has 0 atom stereocenters. The molecule has 0 aliphatic rings. The van der Waals surface area contributed by atoms with Gasteiger partial charge in [-0.15, -0.1) is 0 Å². The predicted octanol–water partition coefficient (Wildman–Crippen LogP) is -0.141. The first-order chi connectivity index (χ1) is 6.09. The van der Waals surface area contributed by atoms with Crippen LogP contribution in [0.1, 0.15) is 0 Å². The molecular formula is C7H12N2O3S. The van der Waals surface area contributed by atoms with E-state index < -0.39 is 10.0 Å². The molecule has 0 saturated carbocycles. The van der Waals surface area contributed by atoms with E-state index in [-0.39, 0.29) is 18.2 Å². The van der Waals surface area contributed by atoms with E-state index in [1.54, 1.807) is 0 Å². The maximum Gasteiger partial charge on any atom is 0.276 e. The zero-order valence-corrected chi connectivity index (χ0v) is 8.12. The summed E-state index contributed by atoms with van der Waals surface area (Å²) in [4.78, 5) is 0. The molecule has 5 nitrogen and oxygen atoms in total. The second-order valence-corrected chi connectivity index (χ2v) is 4.52. The number of likely N-dealkylation sites (N-methyl/N-ethyl adjacent to an activating group) is 1. The molecule has 6 heteroatoms. The van der Waals surface area contributed by atoms with Gasteiger partial charge in [0.15, 0.2) is 0 Å². The van der Waals surface area contributed by atoms with Crippen LogP contribution in [0.5, 0.6) is 0 Å². The van der Waals surface area contributed by atoms with Crippen LogP contribution in [0.2, 0.25) is 0 Å². The molecule has 2 N–H and O–H groups in total. The molecule has 0 saturated heterocycles. The lowest BCUT2D eigenvalue weighted by molar-refractivity contribution is 0.412. The molecule has 1 aromatic heterocycles. The molecule has 0 aliphatic heterocycles. The Morgan fingerprint density at radius 3 is 2.77 bits per heavy atom. The lowest BCUT2D eigenvalue weighted by Crippen LogP contribution is -2.31. The van der Waals surface area contributed by atoms with Crippen LogP contribution in [0.15, 0.2) is 27.9 Å². The second-order valence-electron chi connectivity index (χ2n) is 2.55. The van der Waals surface area contributed by atoms with Crippen LogP contribution in [0.25, 0.3) is 0 Å². The molecule has 0 unspecified atom stereocenters. The minimum Gasteiger partial charge on any atom is -0.452 e. The monoisotopic (exact) mass is 204 g/mol. The Bertz CT molecular complexity index is 344. The molecule has 0 bridgehead atoms. The van der Waals surface area contributed by atoms with Crippen LogP contribution in [0.4, 0.5) is 0 Å². The highest BCUT2D eigenvalue weighted by molar-refractivity contribution is 7.89. The Kier molecular flexibility index (Phi) is 3.07. The van der Waals surface area contributed by atoms with Crippen molar-refractivity contribution in [2.75, 3.05) is 20.1 Å². The SMILES string of the molecule is CN(CCN)S(=O)(=O)c1ccco1. The Morgan fingerprint density at radius 1 is 1.62 bits per heavy atom. The van der Waals surface area contributed by atoms with E-state index in [0.717, 1.165) is 4.31 Å². The standard InChI is InChI=1S/C7H12N2O3S/c1-9(5-4-8)13(10,11)7-3-2-6-12-7/h2-3,6H,4-5,8H2,1H3.